The Morgan fingerprint density at radius 1 is 0.784 bits per heavy atom. The first-order valence-electron chi connectivity index (χ1n) is 19.0. The van der Waals surface area contributed by atoms with Crippen LogP contribution in [0.5, 0.6) is 0 Å². The molecule has 2 heterocycles. The maximum Gasteiger partial charge on any atom is 0.162 e. The van der Waals surface area contributed by atoms with E-state index in [1.54, 1.807) is 6.08 Å². The van der Waals surface area contributed by atoms with Crippen LogP contribution in [0.1, 0.15) is 109 Å². The van der Waals surface area contributed by atoms with Gasteiger partial charge in [0.15, 0.2) is 5.78 Å². The van der Waals surface area contributed by atoms with Crippen molar-refractivity contribution in [2.24, 2.45) is 11.8 Å². The largest absolute Gasteiger partial charge is 0.512 e. The van der Waals surface area contributed by atoms with Crippen molar-refractivity contribution in [3.05, 3.63) is 102 Å². The number of hydrogen-bond acceptors (Lipinski definition) is 3. The molecule has 1 radical (unpaired) electrons. The molecule has 2 aromatic heterocycles. The summed E-state index contributed by atoms with van der Waals surface area (Å²) in [5.41, 5.74) is 6.98. The predicted octanol–water partition coefficient (Wildman–Crippen LogP) is 12.8. The Labute approximate surface area is 316 Å². The molecule has 0 saturated heterocycles. The molecular formula is C46H51IrN2O2-. The van der Waals surface area contributed by atoms with E-state index in [4.69, 9.17) is 4.98 Å². The molecule has 0 unspecified atom stereocenters. The van der Waals surface area contributed by atoms with Gasteiger partial charge >= 0.3 is 0 Å². The van der Waals surface area contributed by atoms with E-state index in [1.807, 2.05) is 0 Å². The molecule has 0 bridgehead atoms. The van der Waals surface area contributed by atoms with Gasteiger partial charge in [-0.1, -0.05) is 118 Å². The van der Waals surface area contributed by atoms with Gasteiger partial charge in [-0.25, -0.2) is 0 Å². The molecule has 2 aliphatic carbocycles. The van der Waals surface area contributed by atoms with E-state index in [0.29, 0.717) is 17.7 Å². The summed E-state index contributed by atoms with van der Waals surface area (Å²) in [6.07, 6.45) is 13.0. The van der Waals surface area contributed by atoms with Crippen LogP contribution in [0.2, 0.25) is 0 Å². The third-order valence-electron chi connectivity index (χ3n) is 11.1. The van der Waals surface area contributed by atoms with Crippen molar-refractivity contribution < 1.29 is 30.0 Å². The van der Waals surface area contributed by atoms with Gasteiger partial charge in [-0.2, -0.15) is 0 Å². The zero-order valence-corrected chi connectivity index (χ0v) is 32.9. The number of nitrogens with zero attached hydrogens (tertiary/aromatic N) is 2. The van der Waals surface area contributed by atoms with Gasteiger partial charge in [0, 0.05) is 71.4 Å². The van der Waals surface area contributed by atoms with E-state index in [0.717, 1.165) is 47.8 Å². The van der Waals surface area contributed by atoms with E-state index in [2.05, 4.69) is 117 Å². The predicted molar refractivity (Wildman–Crippen MR) is 210 cm³/mol. The molecule has 0 atom stereocenters. The second-order valence-electron chi connectivity index (χ2n) is 15.2. The van der Waals surface area contributed by atoms with Crippen LogP contribution in [0, 0.1) is 17.9 Å². The molecule has 2 aliphatic rings. The van der Waals surface area contributed by atoms with Crippen LogP contribution in [0.4, 0.5) is 0 Å². The molecule has 4 aromatic carbocycles. The summed E-state index contributed by atoms with van der Waals surface area (Å²) in [4.78, 5) is 17.3. The van der Waals surface area contributed by atoms with Crippen molar-refractivity contribution in [1.29, 1.82) is 0 Å². The average Bonchev–Trinajstić information content (AvgIpc) is 3.51. The van der Waals surface area contributed by atoms with Crippen LogP contribution in [-0.2, 0) is 24.9 Å². The second kappa shape index (κ2) is 16.3. The Morgan fingerprint density at radius 2 is 1.37 bits per heavy atom. The van der Waals surface area contributed by atoms with E-state index >= 15 is 0 Å². The van der Waals surface area contributed by atoms with Gasteiger partial charge in [0.25, 0.3) is 0 Å². The van der Waals surface area contributed by atoms with Crippen LogP contribution < -0.4 is 0 Å². The molecule has 1 N–H and O–H groups in total. The van der Waals surface area contributed by atoms with Gasteiger partial charge in [0.2, 0.25) is 0 Å². The van der Waals surface area contributed by atoms with E-state index in [-0.39, 0.29) is 37.7 Å². The zero-order valence-electron chi connectivity index (χ0n) is 30.5. The number of fused-ring (bicyclic) bond motifs is 6. The number of para-hydroxylation sites is 2. The summed E-state index contributed by atoms with van der Waals surface area (Å²) in [6.45, 7) is 9.05. The van der Waals surface area contributed by atoms with Crippen LogP contribution in [0.25, 0.3) is 54.7 Å². The molecule has 0 spiro atoms. The average molecular weight is 856 g/mol. The van der Waals surface area contributed by atoms with Gasteiger partial charge in [-0.05, 0) is 57.6 Å². The summed E-state index contributed by atoms with van der Waals surface area (Å²) in [6, 6.07) is 32.2. The first-order valence-corrected chi connectivity index (χ1v) is 19.0. The number of aliphatic hydroxyl groups is 1. The zero-order chi connectivity index (χ0) is 34.8. The molecule has 5 heteroatoms. The Balaban J connectivity index is 0.000000211. The fraction of sp³-hybridized carbons (Fsp3) is 0.391. The molecule has 2 fully saturated rings. The molecule has 8 rings (SSSR count). The fourth-order valence-electron chi connectivity index (χ4n) is 8.48. The van der Waals surface area contributed by atoms with Crippen molar-refractivity contribution in [1.82, 2.24) is 9.55 Å². The van der Waals surface area contributed by atoms with Crippen molar-refractivity contribution >= 4 is 49.3 Å². The van der Waals surface area contributed by atoms with Crippen molar-refractivity contribution in [3.63, 3.8) is 0 Å². The number of aromatic nitrogens is 2. The molecule has 6 aromatic rings. The smallest absolute Gasteiger partial charge is 0.162 e. The van der Waals surface area contributed by atoms with E-state index in [1.165, 1.54) is 76.7 Å². The normalized spacial score (nSPS) is 16.2. The number of aliphatic hydroxyl groups excluding tert-OH is 1. The summed E-state index contributed by atoms with van der Waals surface area (Å²) >= 11 is 0. The summed E-state index contributed by atoms with van der Waals surface area (Å²) in [5.74, 6) is 1.40. The summed E-state index contributed by atoms with van der Waals surface area (Å²) in [5, 5.41) is 16.1. The molecule has 51 heavy (non-hydrogen) atoms. The number of rotatable bonds is 6. The number of allylic oxidation sites excluding steroid dienone is 2. The van der Waals surface area contributed by atoms with Gasteiger partial charge in [0.05, 0.1) is 16.8 Å². The van der Waals surface area contributed by atoms with Crippen LogP contribution in [0.15, 0.2) is 90.7 Å². The molecule has 2 saturated carbocycles. The van der Waals surface area contributed by atoms with E-state index < -0.39 is 0 Å². The molecular weight excluding hydrogens is 805 g/mol. The standard InChI is InChI=1S/C31H27N2.C15H24O2.Ir/c1-19(2)26-18-22(17-21-11-5-6-12-23(21)26)30-29-25-14-8-10-16-28(25)33(20(3)4)31(29)24-13-7-9-15-27(24)32-30;16-14(12-7-3-1-4-8-12)11-15(17)13-9-5-2-6-10-13;/h5-16,18-20H,1-4H3;11-13,16H,1-10H2;/q-1;;/b;14-11-;. The Hall–Kier alpha value is -3.79. The number of hydrogen-bond donors (Lipinski definition) is 1. The molecule has 0 amide bonds. The Kier molecular flexibility index (Phi) is 11.8. The van der Waals surface area contributed by atoms with E-state index in [9.17, 15) is 9.90 Å². The number of carbonyl (C=O) groups is 1. The monoisotopic (exact) mass is 856 g/mol. The molecule has 4 nitrogen and oxygen atoms in total. The Morgan fingerprint density at radius 3 is 2.04 bits per heavy atom. The number of benzene rings is 4. The summed E-state index contributed by atoms with van der Waals surface area (Å²) < 4.78 is 2.47. The first kappa shape index (κ1) is 37.0. The van der Waals surface area contributed by atoms with Gasteiger partial charge in [0.1, 0.15) is 0 Å². The van der Waals surface area contributed by atoms with Gasteiger partial charge in [-0.15, -0.1) is 29.1 Å². The first-order chi connectivity index (χ1) is 24.3. The van der Waals surface area contributed by atoms with Crippen LogP contribution in [0.3, 0.4) is 0 Å². The summed E-state index contributed by atoms with van der Waals surface area (Å²) in [7, 11) is 0. The minimum absolute atomic E-state index is 0. The maximum atomic E-state index is 12.0. The topological polar surface area (TPSA) is 55.1 Å². The minimum Gasteiger partial charge on any atom is -0.512 e. The number of carbonyl (C=O) groups excluding carboxylic acids is 1. The maximum absolute atomic E-state index is 12.0. The van der Waals surface area contributed by atoms with Crippen LogP contribution >= 0.6 is 0 Å². The van der Waals surface area contributed by atoms with Crippen molar-refractivity contribution in [3.8, 4) is 11.3 Å². The second-order valence-corrected chi connectivity index (χ2v) is 15.2. The van der Waals surface area contributed by atoms with Crippen molar-refractivity contribution in [2.45, 2.75) is 104 Å². The molecule has 0 aliphatic heterocycles. The fourth-order valence-corrected chi connectivity index (χ4v) is 8.48. The van der Waals surface area contributed by atoms with Crippen LogP contribution in [-0.4, -0.2) is 20.4 Å². The third kappa shape index (κ3) is 7.57. The van der Waals surface area contributed by atoms with Crippen molar-refractivity contribution in [2.75, 3.05) is 0 Å². The third-order valence-corrected chi connectivity index (χ3v) is 11.1. The number of ketones is 1. The van der Waals surface area contributed by atoms with Gasteiger partial charge in [-0.3, -0.25) is 9.78 Å². The number of pyridine rings is 1. The minimum atomic E-state index is 0. The Bertz CT molecular complexity index is 2180. The quantitative estimate of drug-likeness (QED) is 0.103. The SMILES string of the molecule is CC(C)c1cc(-c2nc3ccccc3c3c2c2ccccc2n3C(C)C)[c-]c2ccccc12.O=C(/C=C(\O)C1CCCCC1)C1CCCCC1.[Ir]. The van der Waals surface area contributed by atoms with Gasteiger partial charge < -0.3 is 9.67 Å². The molecule has 267 valence electrons.